The number of anilines is 1. The molecule has 2 aromatic heterocycles. The molecule has 2 aromatic rings. The lowest BCUT2D eigenvalue weighted by molar-refractivity contribution is -0.0481. The zero-order valence-corrected chi connectivity index (χ0v) is 15.3. The molecule has 5 unspecified atom stereocenters. The van der Waals surface area contributed by atoms with E-state index in [1.54, 1.807) is 0 Å². The van der Waals surface area contributed by atoms with Gasteiger partial charge in [-0.1, -0.05) is 0 Å². The third-order valence-corrected chi connectivity index (χ3v) is 7.26. The summed E-state index contributed by atoms with van der Waals surface area (Å²) >= 11 is 0. The highest BCUT2D eigenvalue weighted by molar-refractivity contribution is 7.70. The number of aliphatic hydroxyl groups excluding tert-OH is 2. The number of rotatable bonds is 6. The Labute approximate surface area is 151 Å². The third kappa shape index (κ3) is 4.35. The van der Waals surface area contributed by atoms with Gasteiger partial charge in [0.25, 0.3) is 0 Å². The van der Waals surface area contributed by atoms with Gasteiger partial charge in [0.1, 0.15) is 36.5 Å². The quantitative estimate of drug-likeness (QED) is 0.286. The Morgan fingerprint density at radius 2 is 1.89 bits per heavy atom. The Hall–Kier alpha value is -1.47. The van der Waals surface area contributed by atoms with Gasteiger partial charge in [-0.25, -0.2) is 15.0 Å². The van der Waals surface area contributed by atoms with E-state index >= 15 is 0 Å². The SMILES string of the molecule is Nc1ncnc2ncn(C3OC(COP(=O)(O)CP(=O)(O)O)C(O)C3O)c12. The van der Waals surface area contributed by atoms with Crippen molar-refractivity contribution in [3.05, 3.63) is 12.7 Å². The van der Waals surface area contributed by atoms with Crippen LogP contribution in [0.1, 0.15) is 6.23 Å². The monoisotopic (exact) mass is 425 g/mol. The number of hydrogen-bond acceptors (Lipinski definition) is 10. The first kappa shape index (κ1) is 20.3. The largest absolute Gasteiger partial charge is 0.387 e. The van der Waals surface area contributed by atoms with E-state index in [1.807, 2.05) is 0 Å². The fourth-order valence-electron chi connectivity index (χ4n) is 2.65. The molecule has 0 aromatic carbocycles. The van der Waals surface area contributed by atoms with Crippen LogP contribution in [-0.2, 0) is 18.4 Å². The molecule has 150 valence electrons. The first-order valence-corrected chi connectivity index (χ1v) is 11.0. The molecular formula is C11H17N5O9P2. The number of nitrogens with zero attached hydrogens (tertiary/aromatic N) is 4. The minimum atomic E-state index is -4.79. The maximum atomic E-state index is 11.7. The molecule has 16 heteroatoms. The van der Waals surface area contributed by atoms with Crippen molar-refractivity contribution in [1.29, 1.82) is 0 Å². The van der Waals surface area contributed by atoms with Crippen LogP contribution in [0, 0.1) is 0 Å². The van der Waals surface area contributed by atoms with Gasteiger partial charge in [-0.3, -0.25) is 13.7 Å². The van der Waals surface area contributed by atoms with Gasteiger partial charge < -0.3 is 39.9 Å². The van der Waals surface area contributed by atoms with Crippen LogP contribution in [0.3, 0.4) is 0 Å². The molecule has 0 amide bonds. The minimum Gasteiger partial charge on any atom is -0.387 e. The van der Waals surface area contributed by atoms with Gasteiger partial charge in [0.2, 0.25) is 0 Å². The van der Waals surface area contributed by atoms with Crippen molar-refractivity contribution in [2.45, 2.75) is 24.5 Å². The molecule has 0 radical (unpaired) electrons. The van der Waals surface area contributed by atoms with E-state index in [2.05, 4.69) is 19.5 Å². The van der Waals surface area contributed by atoms with Crippen molar-refractivity contribution in [2.24, 2.45) is 0 Å². The predicted octanol–water partition coefficient (Wildman–Crippen LogP) is -1.64. The average molecular weight is 425 g/mol. The Bertz CT molecular complexity index is 932. The van der Waals surface area contributed by atoms with Crippen molar-refractivity contribution in [3.63, 3.8) is 0 Å². The molecule has 1 aliphatic rings. The lowest BCUT2D eigenvalue weighted by Crippen LogP contribution is -2.33. The van der Waals surface area contributed by atoms with Gasteiger partial charge >= 0.3 is 15.2 Å². The van der Waals surface area contributed by atoms with Crippen molar-refractivity contribution in [1.82, 2.24) is 19.5 Å². The van der Waals surface area contributed by atoms with Crippen molar-refractivity contribution in [2.75, 3.05) is 18.2 Å². The molecule has 1 aliphatic heterocycles. The number of aromatic nitrogens is 4. The average Bonchev–Trinajstić information content (AvgIpc) is 3.07. The Morgan fingerprint density at radius 3 is 2.56 bits per heavy atom. The summed E-state index contributed by atoms with van der Waals surface area (Å²) in [5, 5.41) is 20.4. The smallest absolute Gasteiger partial charge is 0.340 e. The number of nitrogen functional groups attached to an aromatic ring is 1. The molecule has 14 nitrogen and oxygen atoms in total. The van der Waals surface area contributed by atoms with E-state index in [0.29, 0.717) is 0 Å². The number of nitrogens with two attached hydrogens (primary N) is 1. The van der Waals surface area contributed by atoms with Gasteiger partial charge in [0.15, 0.2) is 23.6 Å². The lowest BCUT2D eigenvalue weighted by Gasteiger charge is -2.18. The van der Waals surface area contributed by atoms with Gasteiger partial charge in [-0.05, 0) is 0 Å². The highest BCUT2D eigenvalue weighted by Crippen LogP contribution is 2.55. The summed E-state index contributed by atoms with van der Waals surface area (Å²) in [5.41, 5.74) is 6.26. The molecule has 1 saturated heterocycles. The van der Waals surface area contributed by atoms with Gasteiger partial charge in [-0.15, -0.1) is 0 Å². The first-order chi connectivity index (χ1) is 12.5. The van der Waals surface area contributed by atoms with E-state index < -0.39 is 52.2 Å². The lowest BCUT2D eigenvalue weighted by atomic mass is 10.1. The van der Waals surface area contributed by atoms with E-state index in [4.69, 9.17) is 20.3 Å². The van der Waals surface area contributed by atoms with E-state index in [1.165, 1.54) is 17.2 Å². The summed E-state index contributed by atoms with van der Waals surface area (Å²) < 4.78 is 34.0. The number of aliphatic hydroxyl groups is 2. The van der Waals surface area contributed by atoms with Gasteiger partial charge in [0, 0.05) is 0 Å². The van der Waals surface area contributed by atoms with Gasteiger partial charge in [0.05, 0.1) is 6.61 Å². The Morgan fingerprint density at radius 1 is 1.19 bits per heavy atom. The summed E-state index contributed by atoms with van der Waals surface area (Å²) in [6, 6.07) is 0. The number of imidazole rings is 1. The highest BCUT2D eigenvalue weighted by atomic mass is 31.2. The zero-order valence-electron chi connectivity index (χ0n) is 13.5. The fourth-order valence-corrected chi connectivity index (χ4v) is 5.22. The topological polar surface area (TPSA) is 223 Å². The summed E-state index contributed by atoms with van der Waals surface area (Å²) in [6.07, 6.45) is -2.96. The Kier molecular flexibility index (Phi) is 5.38. The highest BCUT2D eigenvalue weighted by Gasteiger charge is 2.45. The number of hydrogen-bond donors (Lipinski definition) is 6. The summed E-state index contributed by atoms with van der Waals surface area (Å²) in [6.45, 7) is -0.693. The molecule has 0 saturated carbocycles. The standard InChI is InChI=1S/C11H17N5O9P2/c12-9-6-10(14-2-13-9)15-3-16(6)11-8(18)7(17)5(25-11)1-24-27(22,23)4-26(19,20)21/h2-3,5,7-8,11,17-18H,1,4H2,(H,22,23)(H2,12,13,14)(H2,19,20,21). The second kappa shape index (κ2) is 7.17. The van der Waals surface area contributed by atoms with Crippen molar-refractivity contribution < 1.29 is 43.3 Å². The molecular weight excluding hydrogens is 408 g/mol. The molecule has 3 rings (SSSR count). The molecule has 5 atom stereocenters. The zero-order chi connectivity index (χ0) is 20.0. The van der Waals surface area contributed by atoms with Crippen LogP contribution in [0.5, 0.6) is 0 Å². The molecule has 27 heavy (non-hydrogen) atoms. The fraction of sp³-hybridized carbons (Fsp3) is 0.545. The summed E-state index contributed by atoms with van der Waals surface area (Å²) in [7, 11) is -9.43. The second-order valence-electron chi connectivity index (χ2n) is 5.87. The van der Waals surface area contributed by atoms with Crippen LogP contribution in [0.25, 0.3) is 11.2 Å². The van der Waals surface area contributed by atoms with Crippen LogP contribution >= 0.6 is 15.2 Å². The van der Waals surface area contributed by atoms with Crippen LogP contribution in [0.15, 0.2) is 12.7 Å². The summed E-state index contributed by atoms with van der Waals surface area (Å²) in [5.74, 6) is -1.32. The van der Waals surface area contributed by atoms with Crippen LogP contribution in [-0.4, -0.2) is 75.2 Å². The molecule has 0 bridgehead atoms. The number of ether oxygens (including phenoxy) is 1. The minimum absolute atomic E-state index is 0.0593. The van der Waals surface area contributed by atoms with Crippen LogP contribution < -0.4 is 5.73 Å². The first-order valence-electron chi connectivity index (χ1n) is 7.44. The van der Waals surface area contributed by atoms with E-state index in [-0.39, 0.29) is 17.0 Å². The summed E-state index contributed by atoms with van der Waals surface area (Å²) in [4.78, 5) is 38.8. The molecule has 3 heterocycles. The maximum absolute atomic E-state index is 11.7. The van der Waals surface area contributed by atoms with Crippen molar-refractivity contribution in [3.8, 4) is 0 Å². The Balaban J connectivity index is 1.76. The third-order valence-electron chi connectivity index (χ3n) is 3.81. The van der Waals surface area contributed by atoms with E-state index in [9.17, 15) is 24.2 Å². The normalized spacial score (nSPS) is 28.5. The van der Waals surface area contributed by atoms with Gasteiger partial charge in [-0.2, -0.15) is 0 Å². The molecule has 0 spiro atoms. The number of fused-ring (bicyclic) bond motifs is 1. The molecule has 7 N–H and O–H groups in total. The second-order valence-corrected chi connectivity index (χ2v) is 9.86. The molecule has 1 fully saturated rings. The maximum Gasteiger partial charge on any atom is 0.340 e. The predicted molar refractivity (Wildman–Crippen MR) is 88.3 cm³/mol. The van der Waals surface area contributed by atoms with Crippen LogP contribution in [0.2, 0.25) is 0 Å². The van der Waals surface area contributed by atoms with Crippen molar-refractivity contribution >= 4 is 32.2 Å². The van der Waals surface area contributed by atoms with Crippen LogP contribution in [0.4, 0.5) is 5.82 Å². The van der Waals surface area contributed by atoms with E-state index in [0.717, 1.165) is 0 Å². The molecule has 0 aliphatic carbocycles.